The molecule has 19 heavy (non-hydrogen) atoms. The predicted molar refractivity (Wildman–Crippen MR) is 72.7 cm³/mol. The van der Waals surface area contributed by atoms with Gasteiger partial charge in [-0.05, 0) is 50.0 Å². The van der Waals surface area contributed by atoms with E-state index in [2.05, 4.69) is 0 Å². The molecule has 1 unspecified atom stereocenters. The summed E-state index contributed by atoms with van der Waals surface area (Å²) in [7, 11) is 3.65. The van der Waals surface area contributed by atoms with Gasteiger partial charge >= 0.3 is 0 Å². The van der Waals surface area contributed by atoms with E-state index in [0.717, 1.165) is 17.7 Å². The molecule has 2 rings (SSSR count). The molecule has 0 amide bonds. The van der Waals surface area contributed by atoms with Gasteiger partial charge in [0.05, 0.1) is 6.04 Å². The lowest BCUT2D eigenvalue weighted by molar-refractivity contribution is 0.332. The van der Waals surface area contributed by atoms with E-state index in [1.165, 1.54) is 6.07 Å². The number of rotatable bonds is 3. The summed E-state index contributed by atoms with van der Waals surface area (Å²) in [4.78, 5) is 1.84. The van der Waals surface area contributed by atoms with Crippen LogP contribution in [0.2, 0.25) is 0 Å². The summed E-state index contributed by atoms with van der Waals surface area (Å²) in [6.45, 7) is 0. The van der Waals surface area contributed by atoms with Crippen LogP contribution in [0, 0.1) is 11.6 Å². The van der Waals surface area contributed by atoms with E-state index >= 15 is 0 Å². The van der Waals surface area contributed by atoms with Gasteiger partial charge in [0.25, 0.3) is 0 Å². The van der Waals surface area contributed by atoms with Crippen molar-refractivity contribution < 1.29 is 8.78 Å². The maximum absolute atomic E-state index is 13.9. The molecule has 100 valence electrons. The van der Waals surface area contributed by atoms with Crippen molar-refractivity contribution in [3.63, 3.8) is 0 Å². The van der Waals surface area contributed by atoms with Crippen molar-refractivity contribution in [2.24, 2.45) is 0 Å². The minimum atomic E-state index is -0.446. The zero-order chi connectivity index (χ0) is 14.0. The van der Waals surface area contributed by atoms with E-state index in [4.69, 9.17) is 5.73 Å². The first-order valence-electron chi connectivity index (χ1n) is 5.96. The minimum absolute atomic E-state index is 0.315. The average molecular weight is 262 g/mol. The third-order valence-corrected chi connectivity index (χ3v) is 3.02. The van der Waals surface area contributed by atoms with Crippen LogP contribution in [0.1, 0.15) is 17.2 Å². The zero-order valence-corrected chi connectivity index (χ0v) is 10.9. The number of hydrogen-bond acceptors (Lipinski definition) is 2. The van der Waals surface area contributed by atoms with Gasteiger partial charge in [-0.2, -0.15) is 0 Å². The average Bonchev–Trinajstić information content (AvgIpc) is 2.36. The summed E-state index contributed by atoms with van der Waals surface area (Å²) in [5, 5.41) is 0. The number of nitrogen functional groups attached to an aromatic ring is 1. The monoisotopic (exact) mass is 262 g/mol. The second-order valence-corrected chi connectivity index (χ2v) is 4.70. The van der Waals surface area contributed by atoms with Crippen LogP contribution in [-0.4, -0.2) is 19.0 Å². The van der Waals surface area contributed by atoms with Crippen molar-refractivity contribution in [3.8, 4) is 0 Å². The van der Waals surface area contributed by atoms with Crippen LogP contribution in [0.15, 0.2) is 42.5 Å². The van der Waals surface area contributed by atoms with Crippen molar-refractivity contribution in [2.45, 2.75) is 6.04 Å². The SMILES string of the molecule is CN(C)C(c1ccc(N)cc1)c1cc(F)ccc1F. The fourth-order valence-corrected chi connectivity index (χ4v) is 2.16. The normalized spacial score (nSPS) is 12.7. The lowest BCUT2D eigenvalue weighted by Gasteiger charge is -2.25. The molecular weight excluding hydrogens is 246 g/mol. The van der Waals surface area contributed by atoms with Crippen molar-refractivity contribution >= 4 is 5.69 Å². The minimum Gasteiger partial charge on any atom is -0.399 e. The van der Waals surface area contributed by atoms with Crippen LogP contribution in [0.4, 0.5) is 14.5 Å². The Hall–Kier alpha value is -1.94. The van der Waals surface area contributed by atoms with Gasteiger partial charge in [-0.15, -0.1) is 0 Å². The highest BCUT2D eigenvalue weighted by molar-refractivity contribution is 5.42. The van der Waals surface area contributed by atoms with Gasteiger partial charge in [0.2, 0.25) is 0 Å². The Morgan fingerprint density at radius 1 is 1.00 bits per heavy atom. The molecular formula is C15H16F2N2. The van der Waals surface area contributed by atoms with Crippen LogP contribution in [-0.2, 0) is 0 Å². The predicted octanol–water partition coefficient (Wildman–Crippen LogP) is 3.20. The quantitative estimate of drug-likeness (QED) is 0.861. The van der Waals surface area contributed by atoms with Gasteiger partial charge in [-0.25, -0.2) is 8.78 Å². The van der Waals surface area contributed by atoms with Crippen molar-refractivity contribution in [1.29, 1.82) is 0 Å². The molecule has 0 fully saturated rings. The Morgan fingerprint density at radius 2 is 1.63 bits per heavy atom. The fourth-order valence-electron chi connectivity index (χ4n) is 2.16. The van der Waals surface area contributed by atoms with E-state index in [1.807, 2.05) is 31.1 Å². The standard InChI is InChI=1S/C15H16F2N2/c1-19(2)15(10-3-6-12(18)7-4-10)13-9-11(16)5-8-14(13)17/h3-9,15H,18H2,1-2H3. The summed E-state index contributed by atoms with van der Waals surface area (Å²) >= 11 is 0. The molecule has 0 aliphatic carbocycles. The number of benzene rings is 2. The largest absolute Gasteiger partial charge is 0.399 e. The van der Waals surface area contributed by atoms with E-state index in [-0.39, 0.29) is 6.04 Å². The van der Waals surface area contributed by atoms with Crippen molar-refractivity contribution in [1.82, 2.24) is 4.90 Å². The van der Waals surface area contributed by atoms with E-state index in [0.29, 0.717) is 11.3 Å². The number of nitrogens with two attached hydrogens (primary N) is 1. The highest BCUT2D eigenvalue weighted by atomic mass is 19.1. The Morgan fingerprint density at radius 3 is 2.21 bits per heavy atom. The second-order valence-electron chi connectivity index (χ2n) is 4.70. The van der Waals surface area contributed by atoms with Crippen LogP contribution in [0.5, 0.6) is 0 Å². The molecule has 2 aromatic carbocycles. The maximum Gasteiger partial charge on any atom is 0.128 e. The Kier molecular flexibility index (Phi) is 3.81. The number of hydrogen-bond donors (Lipinski definition) is 1. The van der Waals surface area contributed by atoms with E-state index in [1.54, 1.807) is 12.1 Å². The van der Waals surface area contributed by atoms with Gasteiger partial charge in [0, 0.05) is 11.3 Å². The topological polar surface area (TPSA) is 29.3 Å². The summed E-state index contributed by atoms with van der Waals surface area (Å²) < 4.78 is 27.3. The second kappa shape index (κ2) is 5.36. The number of nitrogens with zero attached hydrogens (tertiary/aromatic N) is 1. The highest BCUT2D eigenvalue weighted by Crippen LogP contribution is 2.29. The molecule has 0 aliphatic rings. The molecule has 2 aromatic rings. The smallest absolute Gasteiger partial charge is 0.128 e. The summed E-state index contributed by atoms with van der Waals surface area (Å²) in [6.07, 6.45) is 0. The van der Waals surface area contributed by atoms with Gasteiger partial charge in [0.15, 0.2) is 0 Å². The molecule has 0 heterocycles. The van der Waals surface area contributed by atoms with E-state index in [9.17, 15) is 8.78 Å². The van der Waals surface area contributed by atoms with E-state index < -0.39 is 11.6 Å². The van der Waals surface area contributed by atoms with Crippen LogP contribution < -0.4 is 5.73 Å². The highest BCUT2D eigenvalue weighted by Gasteiger charge is 2.20. The third-order valence-electron chi connectivity index (χ3n) is 3.02. The molecule has 0 radical (unpaired) electrons. The van der Waals surface area contributed by atoms with Gasteiger partial charge in [-0.1, -0.05) is 12.1 Å². The molecule has 4 heteroatoms. The summed E-state index contributed by atoms with van der Waals surface area (Å²) in [5.74, 6) is -0.865. The Bertz CT molecular complexity index is 565. The molecule has 1 atom stereocenters. The van der Waals surface area contributed by atoms with Gasteiger partial charge < -0.3 is 5.73 Å². The molecule has 0 saturated carbocycles. The number of anilines is 1. The van der Waals surface area contributed by atoms with Crippen LogP contribution >= 0.6 is 0 Å². The molecule has 0 saturated heterocycles. The first-order chi connectivity index (χ1) is 8.99. The Labute approximate surface area is 111 Å². The van der Waals surface area contributed by atoms with Gasteiger partial charge in [-0.3, -0.25) is 4.90 Å². The molecule has 0 spiro atoms. The maximum atomic E-state index is 13.9. The van der Waals surface area contributed by atoms with Crippen LogP contribution in [0.25, 0.3) is 0 Å². The molecule has 0 aliphatic heterocycles. The lowest BCUT2D eigenvalue weighted by atomic mass is 9.97. The molecule has 2 nitrogen and oxygen atoms in total. The molecule has 0 bridgehead atoms. The zero-order valence-electron chi connectivity index (χ0n) is 10.9. The number of halogens is 2. The Balaban J connectivity index is 2.51. The molecule has 0 aromatic heterocycles. The summed E-state index contributed by atoms with van der Waals surface area (Å²) in [5.41, 5.74) is 7.47. The van der Waals surface area contributed by atoms with Crippen molar-refractivity contribution in [2.75, 3.05) is 19.8 Å². The third kappa shape index (κ3) is 2.90. The molecule has 2 N–H and O–H groups in total. The van der Waals surface area contributed by atoms with Crippen LogP contribution in [0.3, 0.4) is 0 Å². The fraction of sp³-hybridized carbons (Fsp3) is 0.200. The van der Waals surface area contributed by atoms with Gasteiger partial charge in [0.1, 0.15) is 11.6 Å². The lowest BCUT2D eigenvalue weighted by Crippen LogP contribution is -2.22. The summed E-state index contributed by atoms with van der Waals surface area (Å²) in [6, 6.07) is 10.3. The first-order valence-corrected chi connectivity index (χ1v) is 5.96. The van der Waals surface area contributed by atoms with Crippen molar-refractivity contribution in [3.05, 3.63) is 65.2 Å². The first kappa shape index (κ1) is 13.5.